The van der Waals surface area contributed by atoms with Gasteiger partial charge in [0.25, 0.3) is 17.7 Å². The van der Waals surface area contributed by atoms with E-state index in [4.69, 9.17) is 5.73 Å². The van der Waals surface area contributed by atoms with Crippen molar-refractivity contribution >= 4 is 61.1 Å². The summed E-state index contributed by atoms with van der Waals surface area (Å²) < 4.78 is 29.3. The number of aryl methyl sites for hydroxylation is 1. The molecule has 1 aromatic carbocycles. The largest absolute Gasteiger partial charge is 0.364 e. The normalized spacial score (nSPS) is 16.3. The number of hydrogen-bond donors (Lipinski definition) is 3. The summed E-state index contributed by atoms with van der Waals surface area (Å²) in [7, 11) is -2.09. The first-order valence-electron chi connectivity index (χ1n) is 12.4. The highest BCUT2D eigenvalue weighted by molar-refractivity contribution is 9.10. The maximum atomic E-state index is 13.0. The topological polar surface area (TPSA) is 186 Å². The molecule has 0 spiro atoms. The molecule has 3 amide bonds. The van der Waals surface area contributed by atoms with Crippen molar-refractivity contribution in [2.24, 2.45) is 12.8 Å². The Morgan fingerprint density at radius 3 is 2.40 bits per heavy atom. The molecule has 5 rings (SSSR count). The first-order valence-corrected chi connectivity index (χ1v) is 14.8. The number of hydrogen-bond acceptors (Lipinski definition) is 10. The molecule has 2 aromatic heterocycles. The average molecular weight is 633 g/mol. The molecule has 0 aliphatic carbocycles. The first-order chi connectivity index (χ1) is 19.0. The van der Waals surface area contributed by atoms with E-state index >= 15 is 0 Å². The van der Waals surface area contributed by atoms with Crippen LogP contribution in [0.15, 0.2) is 41.1 Å². The van der Waals surface area contributed by atoms with Crippen molar-refractivity contribution in [2.75, 3.05) is 36.0 Å². The Morgan fingerprint density at radius 2 is 1.77 bits per heavy atom. The van der Waals surface area contributed by atoms with Crippen molar-refractivity contribution in [3.63, 3.8) is 0 Å². The quantitative estimate of drug-likeness (QED) is 0.291. The Kier molecular flexibility index (Phi) is 7.57. The monoisotopic (exact) mass is 631 g/mol. The van der Waals surface area contributed by atoms with Gasteiger partial charge in [0.05, 0.1) is 33.2 Å². The molecule has 0 unspecified atom stereocenters. The number of primary amides is 1. The van der Waals surface area contributed by atoms with Gasteiger partial charge in [0, 0.05) is 38.9 Å². The van der Waals surface area contributed by atoms with E-state index in [1.165, 1.54) is 15.2 Å². The summed E-state index contributed by atoms with van der Waals surface area (Å²) in [6, 6.07) is 6.37. The van der Waals surface area contributed by atoms with Crippen LogP contribution in [0.1, 0.15) is 44.0 Å². The molecule has 3 aromatic rings. The third-order valence-electron chi connectivity index (χ3n) is 6.80. The van der Waals surface area contributed by atoms with Crippen LogP contribution in [0.25, 0.3) is 0 Å². The molecule has 2 aliphatic heterocycles. The molecule has 40 heavy (non-hydrogen) atoms. The molecule has 14 nitrogen and oxygen atoms in total. The summed E-state index contributed by atoms with van der Waals surface area (Å²) in [4.78, 5) is 46.6. The van der Waals surface area contributed by atoms with Gasteiger partial charge in [-0.1, -0.05) is 12.1 Å². The van der Waals surface area contributed by atoms with Crippen LogP contribution in [0.2, 0.25) is 0 Å². The number of anilines is 3. The van der Waals surface area contributed by atoms with Gasteiger partial charge in [-0.25, -0.2) is 17.7 Å². The molecule has 0 bridgehead atoms. The van der Waals surface area contributed by atoms with Crippen LogP contribution in [-0.4, -0.2) is 86.5 Å². The van der Waals surface area contributed by atoms with Crippen LogP contribution >= 0.6 is 15.9 Å². The van der Waals surface area contributed by atoms with E-state index in [0.29, 0.717) is 45.9 Å². The molecule has 210 valence electrons. The number of nitrogens with zero attached hydrogens (tertiary/aromatic N) is 6. The predicted molar refractivity (Wildman–Crippen MR) is 149 cm³/mol. The number of fused-ring (bicyclic) bond motifs is 1. The van der Waals surface area contributed by atoms with E-state index in [2.05, 4.69) is 41.6 Å². The fourth-order valence-corrected chi connectivity index (χ4v) is 6.44. The lowest BCUT2D eigenvalue weighted by Gasteiger charge is -2.32. The van der Waals surface area contributed by atoms with E-state index in [1.54, 1.807) is 37.5 Å². The van der Waals surface area contributed by atoms with E-state index < -0.39 is 27.7 Å². The lowest BCUT2D eigenvalue weighted by atomic mass is 10.1. The highest BCUT2D eigenvalue weighted by Gasteiger charge is 2.37. The molecule has 0 atom stereocenters. The van der Waals surface area contributed by atoms with Crippen LogP contribution in [0.5, 0.6) is 0 Å². The summed E-state index contributed by atoms with van der Waals surface area (Å²) in [5.41, 5.74) is 6.61. The van der Waals surface area contributed by atoms with Crippen molar-refractivity contribution in [3.8, 4) is 0 Å². The van der Waals surface area contributed by atoms with Crippen LogP contribution < -0.4 is 16.4 Å². The van der Waals surface area contributed by atoms with Gasteiger partial charge in [-0.2, -0.15) is 10.1 Å². The third-order valence-corrected chi connectivity index (χ3v) is 9.23. The number of amides is 3. The maximum Gasteiger partial charge on any atom is 0.269 e. The van der Waals surface area contributed by atoms with E-state index in [9.17, 15) is 22.8 Å². The fourth-order valence-electron chi connectivity index (χ4n) is 4.71. The molecule has 0 saturated carbocycles. The first kappa shape index (κ1) is 27.7. The molecule has 4 heterocycles. The second-order valence-electron chi connectivity index (χ2n) is 9.35. The van der Waals surface area contributed by atoms with Crippen LogP contribution in [-0.2, 0) is 17.1 Å². The summed E-state index contributed by atoms with van der Waals surface area (Å²) in [5, 5.41) is 10.3. The van der Waals surface area contributed by atoms with Gasteiger partial charge in [-0.15, -0.1) is 0 Å². The second kappa shape index (κ2) is 10.9. The van der Waals surface area contributed by atoms with Gasteiger partial charge < -0.3 is 16.4 Å². The number of nitrogens with two attached hydrogens (primary N) is 1. The maximum absolute atomic E-state index is 13.0. The minimum absolute atomic E-state index is 0.0868. The zero-order chi connectivity index (χ0) is 28.6. The van der Waals surface area contributed by atoms with Gasteiger partial charge in [0.15, 0.2) is 0 Å². The Hall–Kier alpha value is -3.89. The number of benzene rings is 1. The van der Waals surface area contributed by atoms with Gasteiger partial charge >= 0.3 is 0 Å². The number of halogens is 1. The number of nitrogens with one attached hydrogen (secondary N) is 2. The van der Waals surface area contributed by atoms with Crippen molar-refractivity contribution in [1.29, 1.82) is 0 Å². The van der Waals surface area contributed by atoms with Crippen LogP contribution in [0.3, 0.4) is 0 Å². The summed E-state index contributed by atoms with van der Waals surface area (Å²) in [6.45, 7) is 0.326. The predicted octanol–water partition coefficient (Wildman–Crippen LogP) is 1.32. The minimum atomic E-state index is -3.69. The lowest BCUT2D eigenvalue weighted by molar-refractivity contribution is 0.0663. The molecule has 2 aliphatic rings. The number of aromatic nitrogens is 4. The average Bonchev–Trinajstić information content (AvgIpc) is 3.41. The van der Waals surface area contributed by atoms with Crippen LogP contribution in [0, 0.1) is 0 Å². The lowest BCUT2D eigenvalue weighted by Crippen LogP contribution is -2.45. The highest BCUT2D eigenvalue weighted by Crippen LogP contribution is 2.27. The zero-order valence-corrected chi connectivity index (χ0v) is 23.8. The van der Waals surface area contributed by atoms with Gasteiger partial charge in [0.1, 0.15) is 11.5 Å². The molecule has 1 saturated heterocycles. The number of rotatable bonds is 9. The van der Waals surface area contributed by atoms with Crippen molar-refractivity contribution in [3.05, 3.63) is 58.0 Å². The van der Waals surface area contributed by atoms with Crippen LogP contribution in [0.4, 0.5) is 17.5 Å². The molecular formula is C24H26BrN9O5S. The molecule has 4 N–H and O–H groups in total. The van der Waals surface area contributed by atoms with E-state index in [0.717, 1.165) is 4.90 Å². The number of sulfonamides is 1. The number of piperidine rings is 1. The van der Waals surface area contributed by atoms with Crippen molar-refractivity contribution in [2.45, 2.75) is 18.9 Å². The third kappa shape index (κ3) is 5.41. The second-order valence-corrected chi connectivity index (χ2v) is 12.3. The molecule has 1 fully saturated rings. The van der Waals surface area contributed by atoms with Gasteiger partial charge in [-0.3, -0.25) is 24.0 Å². The summed E-state index contributed by atoms with van der Waals surface area (Å²) >= 11 is 3.39. The minimum Gasteiger partial charge on any atom is -0.364 e. The van der Waals surface area contributed by atoms with Crippen molar-refractivity contribution < 1.29 is 22.8 Å². The summed E-state index contributed by atoms with van der Waals surface area (Å²) in [5.74, 6) is -1.23. The fraction of sp³-hybridized carbons (Fsp3) is 0.333. The molecular weight excluding hydrogens is 606 g/mol. The zero-order valence-electron chi connectivity index (χ0n) is 21.4. The van der Waals surface area contributed by atoms with Gasteiger partial charge in [-0.05, 0) is 40.9 Å². The number of carbonyl (C=O) groups excluding carboxylic acids is 3. The SMILES string of the molecule is Cn1ncc(Nc2nc(NC3CCN(S(=O)(=O)CCN4C(=O)c5ccccc5C4=O)CC3)ncc2Br)c1C(N)=O. The highest BCUT2D eigenvalue weighted by atomic mass is 79.9. The Morgan fingerprint density at radius 1 is 1.12 bits per heavy atom. The number of imide groups is 1. The molecule has 0 radical (unpaired) electrons. The smallest absolute Gasteiger partial charge is 0.269 e. The number of carbonyl (C=O) groups is 3. The van der Waals surface area contributed by atoms with Gasteiger partial charge in [0.2, 0.25) is 16.0 Å². The summed E-state index contributed by atoms with van der Waals surface area (Å²) in [6.07, 6.45) is 4.02. The van der Waals surface area contributed by atoms with E-state index in [-0.39, 0.29) is 37.1 Å². The van der Waals surface area contributed by atoms with Crippen molar-refractivity contribution in [1.82, 2.24) is 29.0 Å². The Labute approximate surface area is 238 Å². The Bertz CT molecular complexity index is 1570. The van der Waals surface area contributed by atoms with E-state index in [1.807, 2.05) is 0 Å². The Balaban J connectivity index is 1.17. The standard InChI is InChI=1S/C24H26BrN9O5S/c1-32-19(20(26)35)18(13-28-32)30-21-17(25)12-27-24(31-21)29-14-6-8-33(9-7-14)40(38,39)11-10-34-22(36)15-4-2-3-5-16(15)23(34)37/h2-5,12-14H,6-11H2,1H3,(H2,26,35)(H2,27,29,30,31). The molecule has 16 heteroatoms.